The number of aromatic amines is 1. The number of nitrogens with one attached hydrogen (secondary N) is 2. The summed E-state index contributed by atoms with van der Waals surface area (Å²) in [5, 5.41) is 24.4. The number of nitrogens with zero attached hydrogens (tertiary/aromatic N) is 3. The average molecular weight is 436 g/mol. The van der Waals surface area contributed by atoms with Gasteiger partial charge in [0.15, 0.2) is 11.7 Å². The van der Waals surface area contributed by atoms with Crippen LogP contribution >= 0.6 is 11.6 Å². The Morgan fingerprint density at radius 3 is 2.87 bits per heavy atom. The lowest BCUT2D eigenvalue weighted by Crippen LogP contribution is -2.04. The van der Waals surface area contributed by atoms with Crippen molar-refractivity contribution in [3.63, 3.8) is 0 Å². The van der Waals surface area contributed by atoms with E-state index >= 15 is 0 Å². The molecule has 9 heteroatoms. The van der Waals surface area contributed by atoms with Gasteiger partial charge in [-0.15, -0.1) is 0 Å². The summed E-state index contributed by atoms with van der Waals surface area (Å²) in [6, 6.07) is 12.6. The largest absolute Gasteiger partial charge is 0.494 e. The maximum Gasteiger partial charge on any atom is 0.196 e. The number of aromatic nitrogens is 4. The number of hydrogen-bond acceptors (Lipinski definition) is 6. The maximum atomic E-state index is 9.87. The minimum absolute atomic E-state index is 0.0162. The number of ether oxygens (including phenoxy) is 1. The summed E-state index contributed by atoms with van der Waals surface area (Å²) in [7, 11) is 0. The van der Waals surface area contributed by atoms with Crippen molar-refractivity contribution in [2.45, 2.75) is 6.54 Å². The molecule has 4 N–H and O–H groups in total. The first kappa shape index (κ1) is 19.2. The summed E-state index contributed by atoms with van der Waals surface area (Å²) in [6.45, 7) is 0.461. The zero-order chi connectivity index (χ0) is 21.4. The molecule has 3 heterocycles. The molecule has 3 aromatic heterocycles. The molecule has 0 fully saturated rings. The van der Waals surface area contributed by atoms with Crippen LogP contribution in [0.25, 0.3) is 21.8 Å². The standard InChI is InChI=1S/C22H18ClN5O3/c23-17-9-14(27-21-20-18(25-12-26-21)5-6-28(20)7-8-29)2-4-19(17)31-15-3-1-13-11-24-22(30)16(13)10-15/h1-6,9-12,24,29-30H,7-8H2,(H,25,26,27). The molecule has 2 aromatic carbocycles. The van der Waals surface area contributed by atoms with Crippen molar-refractivity contribution in [3.05, 3.63) is 66.2 Å². The number of aliphatic hydroxyl groups is 1. The number of benzene rings is 2. The molecule has 156 valence electrons. The third-order valence-electron chi connectivity index (χ3n) is 4.96. The highest BCUT2D eigenvalue weighted by molar-refractivity contribution is 6.32. The number of aliphatic hydroxyl groups excluding tert-OH is 1. The zero-order valence-electron chi connectivity index (χ0n) is 16.2. The van der Waals surface area contributed by atoms with Crippen LogP contribution in [-0.2, 0) is 6.54 Å². The van der Waals surface area contributed by atoms with Gasteiger partial charge in [0.05, 0.1) is 17.1 Å². The third kappa shape index (κ3) is 3.63. The summed E-state index contributed by atoms with van der Waals surface area (Å²) < 4.78 is 7.81. The van der Waals surface area contributed by atoms with Crippen molar-refractivity contribution in [2.24, 2.45) is 0 Å². The summed E-state index contributed by atoms with van der Waals surface area (Å²) in [5.41, 5.74) is 2.31. The van der Waals surface area contributed by atoms with Gasteiger partial charge in [-0.25, -0.2) is 9.97 Å². The Balaban J connectivity index is 1.41. The number of halogens is 1. The fraction of sp³-hybridized carbons (Fsp3) is 0.0909. The van der Waals surface area contributed by atoms with Crippen molar-refractivity contribution >= 4 is 44.9 Å². The van der Waals surface area contributed by atoms with Crippen molar-refractivity contribution in [1.29, 1.82) is 0 Å². The lowest BCUT2D eigenvalue weighted by atomic mass is 10.2. The lowest BCUT2D eigenvalue weighted by molar-refractivity contribution is 0.278. The van der Waals surface area contributed by atoms with Gasteiger partial charge in [-0.2, -0.15) is 0 Å². The van der Waals surface area contributed by atoms with Gasteiger partial charge in [0.2, 0.25) is 0 Å². The topological polar surface area (TPSA) is 108 Å². The third-order valence-corrected chi connectivity index (χ3v) is 5.25. The molecular formula is C22H18ClN5O3. The zero-order valence-corrected chi connectivity index (χ0v) is 17.0. The van der Waals surface area contributed by atoms with Crippen LogP contribution in [-0.4, -0.2) is 36.3 Å². The molecule has 0 saturated carbocycles. The van der Waals surface area contributed by atoms with Crippen molar-refractivity contribution in [2.75, 3.05) is 11.9 Å². The SMILES string of the molecule is OCCn1ccc2ncnc(Nc3ccc(Oc4ccc5c[nH]c(O)c5c4)c(Cl)c3)c21. The molecule has 5 rings (SSSR count). The Hall–Kier alpha value is -3.75. The number of H-pyrrole nitrogens is 1. The number of hydrogen-bond donors (Lipinski definition) is 4. The van der Waals surface area contributed by atoms with E-state index in [4.69, 9.17) is 16.3 Å². The minimum Gasteiger partial charge on any atom is -0.494 e. The number of anilines is 2. The quantitative estimate of drug-likeness (QED) is 0.305. The molecule has 0 radical (unpaired) electrons. The molecule has 0 unspecified atom stereocenters. The number of aromatic hydroxyl groups is 1. The van der Waals surface area contributed by atoms with E-state index in [1.54, 1.807) is 24.4 Å². The van der Waals surface area contributed by atoms with E-state index < -0.39 is 0 Å². The van der Waals surface area contributed by atoms with Crippen LogP contribution in [0.4, 0.5) is 11.5 Å². The van der Waals surface area contributed by atoms with Gasteiger partial charge in [-0.05, 0) is 42.5 Å². The Morgan fingerprint density at radius 1 is 1.13 bits per heavy atom. The first-order valence-electron chi connectivity index (χ1n) is 9.57. The van der Waals surface area contributed by atoms with Crippen LogP contribution < -0.4 is 10.1 Å². The molecule has 5 aromatic rings. The molecule has 0 aliphatic heterocycles. The summed E-state index contributed by atoms with van der Waals surface area (Å²) in [5.74, 6) is 1.75. The summed E-state index contributed by atoms with van der Waals surface area (Å²) >= 11 is 6.46. The second-order valence-electron chi connectivity index (χ2n) is 6.95. The van der Waals surface area contributed by atoms with Gasteiger partial charge < -0.3 is 29.8 Å². The molecule has 0 atom stereocenters. The van der Waals surface area contributed by atoms with Crippen LogP contribution in [0.2, 0.25) is 5.02 Å². The van der Waals surface area contributed by atoms with Crippen LogP contribution in [0.1, 0.15) is 0 Å². The Bertz CT molecular complexity index is 1390. The summed E-state index contributed by atoms with van der Waals surface area (Å²) in [4.78, 5) is 11.4. The molecule has 8 nitrogen and oxygen atoms in total. The minimum atomic E-state index is 0.0162. The van der Waals surface area contributed by atoms with E-state index in [0.29, 0.717) is 34.3 Å². The van der Waals surface area contributed by atoms with E-state index in [9.17, 15) is 10.2 Å². The van der Waals surface area contributed by atoms with Crippen molar-refractivity contribution in [1.82, 2.24) is 19.5 Å². The van der Waals surface area contributed by atoms with E-state index in [-0.39, 0.29) is 12.5 Å². The molecule has 31 heavy (non-hydrogen) atoms. The predicted octanol–water partition coefficient (Wildman–Crippen LogP) is 4.80. The first-order chi connectivity index (χ1) is 15.1. The highest BCUT2D eigenvalue weighted by Crippen LogP contribution is 2.35. The van der Waals surface area contributed by atoms with Gasteiger partial charge in [0.25, 0.3) is 0 Å². The van der Waals surface area contributed by atoms with E-state index in [2.05, 4.69) is 20.3 Å². The Labute approximate surface area is 181 Å². The summed E-state index contributed by atoms with van der Waals surface area (Å²) in [6.07, 6.45) is 5.08. The molecule has 0 amide bonds. The lowest BCUT2D eigenvalue weighted by Gasteiger charge is -2.12. The predicted molar refractivity (Wildman–Crippen MR) is 119 cm³/mol. The molecule has 0 aliphatic carbocycles. The highest BCUT2D eigenvalue weighted by Gasteiger charge is 2.12. The molecular weight excluding hydrogens is 418 g/mol. The van der Waals surface area contributed by atoms with Crippen molar-refractivity contribution in [3.8, 4) is 17.4 Å². The van der Waals surface area contributed by atoms with Gasteiger partial charge in [0.1, 0.15) is 23.3 Å². The van der Waals surface area contributed by atoms with Gasteiger partial charge in [-0.1, -0.05) is 11.6 Å². The van der Waals surface area contributed by atoms with Crippen LogP contribution in [0.3, 0.4) is 0 Å². The first-order valence-corrected chi connectivity index (χ1v) is 9.95. The van der Waals surface area contributed by atoms with E-state index in [1.807, 2.05) is 35.0 Å². The fourth-order valence-electron chi connectivity index (χ4n) is 3.50. The number of fused-ring (bicyclic) bond motifs is 2. The molecule has 0 aliphatic rings. The second-order valence-corrected chi connectivity index (χ2v) is 7.35. The smallest absolute Gasteiger partial charge is 0.196 e. The van der Waals surface area contributed by atoms with Gasteiger partial charge in [0, 0.05) is 35.4 Å². The van der Waals surface area contributed by atoms with Crippen LogP contribution in [0.5, 0.6) is 17.4 Å². The Morgan fingerprint density at radius 2 is 2.03 bits per heavy atom. The average Bonchev–Trinajstić information content (AvgIpc) is 3.35. The van der Waals surface area contributed by atoms with Crippen molar-refractivity contribution < 1.29 is 14.9 Å². The maximum absolute atomic E-state index is 9.87. The second kappa shape index (κ2) is 7.82. The monoisotopic (exact) mass is 435 g/mol. The van der Waals surface area contributed by atoms with Crippen LogP contribution in [0.15, 0.2) is 61.2 Å². The van der Waals surface area contributed by atoms with Gasteiger partial charge >= 0.3 is 0 Å². The van der Waals surface area contributed by atoms with E-state index in [0.717, 1.165) is 22.1 Å². The van der Waals surface area contributed by atoms with Gasteiger partial charge in [-0.3, -0.25) is 0 Å². The Kier molecular flexibility index (Phi) is 4.85. The fourth-order valence-corrected chi connectivity index (χ4v) is 3.72. The highest BCUT2D eigenvalue weighted by atomic mass is 35.5. The van der Waals surface area contributed by atoms with Crippen LogP contribution in [0, 0.1) is 0 Å². The molecule has 0 saturated heterocycles. The number of rotatable bonds is 6. The molecule has 0 bridgehead atoms. The molecule has 0 spiro atoms. The van der Waals surface area contributed by atoms with E-state index in [1.165, 1.54) is 6.33 Å². The normalized spacial score (nSPS) is 11.3.